The van der Waals surface area contributed by atoms with E-state index < -0.39 is 0 Å². The van der Waals surface area contributed by atoms with Crippen molar-refractivity contribution in [3.05, 3.63) is 0 Å². The molecule has 0 aromatic heterocycles. The first-order chi connectivity index (χ1) is 5.27. The van der Waals surface area contributed by atoms with Gasteiger partial charge in [0.05, 0.1) is 0 Å². The lowest BCUT2D eigenvalue weighted by atomic mass is 9.74. The first kappa shape index (κ1) is 12.0. The molecule has 2 heteroatoms. The lowest BCUT2D eigenvalue weighted by Gasteiger charge is -2.36. The summed E-state index contributed by atoms with van der Waals surface area (Å²) in [5.41, 5.74) is 0.337. The highest BCUT2D eigenvalue weighted by Gasteiger charge is 2.24. The van der Waals surface area contributed by atoms with Crippen molar-refractivity contribution in [1.82, 2.24) is 4.90 Å². The van der Waals surface area contributed by atoms with Crippen LogP contribution in [0, 0.1) is 5.92 Å². The maximum Gasteiger partial charge on any atom is 0.105 e. The van der Waals surface area contributed by atoms with Gasteiger partial charge in [0.2, 0.25) is 0 Å². The number of nitrogens with zero attached hydrogens (tertiary/aromatic N) is 1. The van der Waals surface area contributed by atoms with Crippen LogP contribution in [0.1, 0.15) is 34.1 Å². The fourth-order valence-corrected chi connectivity index (χ4v) is 1.21. The van der Waals surface area contributed by atoms with Gasteiger partial charge in [-0.1, -0.05) is 19.7 Å². The Hall–Kier alpha value is 0.0249. The van der Waals surface area contributed by atoms with Gasteiger partial charge in [0.25, 0.3) is 0 Å². The zero-order valence-corrected chi connectivity index (χ0v) is 9.81. The van der Waals surface area contributed by atoms with Crippen LogP contribution in [0.2, 0.25) is 5.82 Å². The van der Waals surface area contributed by atoms with Gasteiger partial charge < -0.3 is 4.90 Å². The fourth-order valence-electron chi connectivity index (χ4n) is 1.21. The highest BCUT2D eigenvalue weighted by molar-refractivity contribution is 6.11. The summed E-state index contributed by atoms with van der Waals surface area (Å²) >= 11 is 0. The molecule has 0 aliphatic heterocycles. The molecule has 0 rings (SSSR count). The molecule has 0 spiro atoms. The topological polar surface area (TPSA) is 3.24 Å². The third-order valence-corrected chi connectivity index (χ3v) is 3.17. The van der Waals surface area contributed by atoms with Gasteiger partial charge in [-0.15, -0.1) is 0 Å². The first-order valence-corrected chi connectivity index (χ1v) is 4.95. The zero-order chi connectivity index (χ0) is 9.94. The third kappa shape index (κ3) is 3.62. The molecule has 0 N–H and O–H groups in total. The van der Waals surface area contributed by atoms with Gasteiger partial charge in [-0.25, -0.2) is 0 Å². The van der Waals surface area contributed by atoms with Gasteiger partial charge in [0.1, 0.15) is 7.85 Å². The highest BCUT2D eigenvalue weighted by atomic mass is 15.1. The summed E-state index contributed by atoms with van der Waals surface area (Å²) in [5.74, 6) is 1.60. The lowest BCUT2D eigenvalue weighted by molar-refractivity contribution is 0.158. The highest BCUT2D eigenvalue weighted by Crippen LogP contribution is 2.26. The van der Waals surface area contributed by atoms with Crippen LogP contribution in [-0.4, -0.2) is 32.4 Å². The summed E-state index contributed by atoms with van der Waals surface area (Å²) in [6, 6.07) is 0. The maximum atomic E-state index is 2.34. The Labute approximate surface area is 78.9 Å². The largest absolute Gasteiger partial charge is 0.304 e. The van der Waals surface area contributed by atoms with Crippen molar-refractivity contribution in [2.75, 3.05) is 14.1 Å². The van der Waals surface area contributed by atoms with E-state index in [9.17, 15) is 0 Å². The Morgan fingerprint density at radius 2 is 1.67 bits per heavy atom. The van der Waals surface area contributed by atoms with E-state index in [0.29, 0.717) is 5.54 Å². The van der Waals surface area contributed by atoms with Crippen LogP contribution < -0.4 is 0 Å². The van der Waals surface area contributed by atoms with Gasteiger partial charge >= 0.3 is 0 Å². The molecule has 72 valence electrons. The van der Waals surface area contributed by atoms with Crippen LogP contribution in [0.4, 0.5) is 0 Å². The minimum Gasteiger partial charge on any atom is -0.304 e. The molecule has 0 bridgehead atoms. The fraction of sp³-hybridized carbons (Fsp3) is 1.00. The van der Waals surface area contributed by atoms with E-state index in [-0.39, 0.29) is 0 Å². The molecule has 0 aliphatic rings. The van der Waals surface area contributed by atoms with Crippen molar-refractivity contribution in [1.29, 1.82) is 0 Å². The van der Waals surface area contributed by atoms with E-state index in [4.69, 9.17) is 0 Å². The predicted molar refractivity (Wildman–Crippen MR) is 59.5 cm³/mol. The van der Waals surface area contributed by atoms with Crippen molar-refractivity contribution >= 4 is 7.85 Å². The van der Waals surface area contributed by atoms with Gasteiger partial charge in [-0.05, 0) is 40.3 Å². The van der Waals surface area contributed by atoms with E-state index in [1.165, 1.54) is 6.42 Å². The smallest absolute Gasteiger partial charge is 0.105 e. The van der Waals surface area contributed by atoms with Crippen LogP contribution in [0.3, 0.4) is 0 Å². The molecule has 1 nitrogen and oxygen atoms in total. The van der Waals surface area contributed by atoms with Crippen LogP contribution in [-0.2, 0) is 0 Å². The van der Waals surface area contributed by atoms with E-state index in [0.717, 1.165) is 11.7 Å². The molecule has 0 aromatic rings. The predicted octanol–water partition coefficient (Wildman–Crippen LogP) is 1.79. The van der Waals surface area contributed by atoms with Crippen LogP contribution >= 0.6 is 0 Å². The second-order valence-corrected chi connectivity index (χ2v) is 5.13. The number of hydrogen-bond donors (Lipinski definition) is 0. The average molecular weight is 169 g/mol. The molecule has 0 amide bonds. The Morgan fingerprint density at radius 1 is 1.25 bits per heavy atom. The van der Waals surface area contributed by atoms with Crippen LogP contribution in [0.15, 0.2) is 0 Å². The Morgan fingerprint density at radius 3 is 1.92 bits per heavy atom. The normalized spacial score (nSPS) is 17.9. The molecule has 0 aromatic carbocycles. The molecule has 0 heterocycles. The summed E-state index contributed by atoms with van der Waals surface area (Å²) < 4.78 is 0. The molecule has 0 saturated carbocycles. The Kier molecular flexibility index (Phi) is 4.32. The van der Waals surface area contributed by atoms with Crippen molar-refractivity contribution in [3.63, 3.8) is 0 Å². The Balaban J connectivity index is 4.05. The van der Waals surface area contributed by atoms with E-state index in [2.05, 4.69) is 54.5 Å². The second kappa shape index (κ2) is 4.31. The molecular weight excluding hydrogens is 145 g/mol. The number of hydrogen-bond acceptors (Lipinski definition) is 1. The molecular formula is C10H24BN. The van der Waals surface area contributed by atoms with E-state index >= 15 is 0 Å². The van der Waals surface area contributed by atoms with Gasteiger partial charge in [0, 0.05) is 5.54 Å². The quantitative estimate of drug-likeness (QED) is 0.580. The second-order valence-electron chi connectivity index (χ2n) is 5.13. The molecule has 2 unspecified atom stereocenters. The number of rotatable bonds is 4. The van der Waals surface area contributed by atoms with Crippen LogP contribution in [0.5, 0.6) is 0 Å². The molecule has 2 atom stereocenters. The summed E-state index contributed by atoms with van der Waals surface area (Å²) in [7, 11) is 6.62. The molecule has 12 heavy (non-hydrogen) atoms. The summed E-state index contributed by atoms with van der Waals surface area (Å²) in [5, 5.41) is 0. The SMILES string of the molecule is BC(C)C(C)CC(C)(C)N(C)C. The standard InChI is InChI=1S/C10H24BN/c1-8(9(2)11)7-10(3,4)12(5)6/h8-9H,7,11H2,1-6H3. The summed E-state index contributed by atoms with van der Waals surface area (Å²) in [6.07, 6.45) is 1.28. The van der Waals surface area contributed by atoms with E-state index in [1.807, 2.05) is 0 Å². The van der Waals surface area contributed by atoms with Crippen molar-refractivity contribution < 1.29 is 0 Å². The Bertz CT molecular complexity index is 130. The van der Waals surface area contributed by atoms with Gasteiger partial charge in [0.15, 0.2) is 0 Å². The summed E-state index contributed by atoms with van der Waals surface area (Å²) in [6.45, 7) is 9.27. The molecule has 0 saturated heterocycles. The minimum atomic E-state index is 0.337. The van der Waals surface area contributed by atoms with Gasteiger partial charge in [-0.2, -0.15) is 0 Å². The van der Waals surface area contributed by atoms with Gasteiger partial charge in [-0.3, -0.25) is 0 Å². The maximum absolute atomic E-state index is 2.34. The van der Waals surface area contributed by atoms with E-state index in [1.54, 1.807) is 0 Å². The monoisotopic (exact) mass is 169 g/mol. The van der Waals surface area contributed by atoms with Crippen molar-refractivity contribution in [2.24, 2.45) is 5.92 Å². The average Bonchev–Trinajstić information content (AvgIpc) is 1.85. The minimum absolute atomic E-state index is 0.337. The molecule has 0 radical (unpaired) electrons. The molecule has 0 fully saturated rings. The molecule has 0 aliphatic carbocycles. The summed E-state index contributed by atoms with van der Waals surface area (Å²) in [4.78, 5) is 2.31. The first-order valence-electron chi connectivity index (χ1n) is 4.95. The van der Waals surface area contributed by atoms with Crippen LogP contribution in [0.25, 0.3) is 0 Å². The van der Waals surface area contributed by atoms with Crippen molar-refractivity contribution in [3.8, 4) is 0 Å². The van der Waals surface area contributed by atoms with Crippen molar-refractivity contribution in [2.45, 2.75) is 45.5 Å². The lowest BCUT2D eigenvalue weighted by Crippen LogP contribution is -2.39. The zero-order valence-electron chi connectivity index (χ0n) is 9.81. The third-order valence-electron chi connectivity index (χ3n) is 3.17.